The minimum absolute atomic E-state index is 0.0629. The number of anilines is 1. The minimum Gasteiger partial charge on any atom is -0.379 e. The molecule has 0 spiro atoms. The van der Waals surface area contributed by atoms with E-state index in [1.165, 1.54) is 22.6 Å². The van der Waals surface area contributed by atoms with Crippen molar-refractivity contribution in [3.05, 3.63) is 70.6 Å². The maximum Gasteiger partial charge on any atom is 0.278 e. The number of benzene rings is 1. The van der Waals surface area contributed by atoms with Gasteiger partial charge in [-0.15, -0.1) is 0 Å². The van der Waals surface area contributed by atoms with Gasteiger partial charge in [-0.1, -0.05) is 29.2 Å². The maximum atomic E-state index is 13.5. The van der Waals surface area contributed by atoms with E-state index in [1.54, 1.807) is 35.0 Å². The van der Waals surface area contributed by atoms with Gasteiger partial charge in [0.1, 0.15) is 10.3 Å². The second-order valence-corrected chi connectivity index (χ2v) is 10.3. The molecule has 3 aromatic heterocycles. The van der Waals surface area contributed by atoms with Gasteiger partial charge in [-0.25, -0.2) is 13.0 Å². The Morgan fingerprint density at radius 3 is 2.59 bits per heavy atom. The fourth-order valence-corrected chi connectivity index (χ4v) is 5.69. The number of nitrogens with two attached hydrogens (primary N) is 1. The Kier molecular flexibility index (Phi) is 5.80. The quantitative estimate of drug-likeness (QED) is 0.337. The molecule has 0 radical (unpaired) electrons. The smallest absolute Gasteiger partial charge is 0.278 e. The zero-order valence-corrected chi connectivity index (χ0v) is 19.7. The Morgan fingerprint density at radius 1 is 1.12 bits per heavy atom. The number of pyridine rings is 2. The highest BCUT2D eigenvalue weighted by Crippen LogP contribution is 2.26. The molecule has 0 saturated carbocycles. The van der Waals surface area contributed by atoms with E-state index < -0.39 is 9.84 Å². The van der Waals surface area contributed by atoms with Crippen LogP contribution < -0.4 is 15.9 Å². The van der Waals surface area contributed by atoms with Crippen LogP contribution in [0.2, 0.25) is 0 Å². The number of rotatable bonds is 5. The van der Waals surface area contributed by atoms with Gasteiger partial charge in [0.05, 0.1) is 24.7 Å². The predicted molar refractivity (Wildman–Crippen MR) is 127 cm³/mol. The predicted octanol–water partition coefficient (Wildman–Crippen LogP) is 1.19. The van der Waals surface area contributed by atoms with Crippen molar-refractivity contribution in [2.24, 2.45) is 0 Å². The molecule has 34 heavy (non-hydrogen) atoms. The first-order chi connectivity index (χ1) is 16.4. The molecule has 1 saturated heterocycles. The van der Waals surface area contributed by atoms with Crippen molar-refractivity contribution < 1.29 is 17.7 Å². The third kappa shape index (κ3) is 3.93. The number of aromatic nitrogens is 3. The zero-order valence-electron chi connectivity index (χ0n) is 18.8. The van der Waals surface area contributed by atoms with Gasteiger partial charge in [0.25, 0.3) is 11.2 Å². The van der Waals surface area contributed by atoms with Crippen LogP contribution in [0.25, 0.3) is 16.7 Å². The summed E-state index contributed by atoms with van der Waals surface area (Å²) in [6.07, 6.45) is 1.70. The molecule has 0 unspecified atom stereocenters. The largest absolute Gasteiger partial charge is 0.379 e. The standard InChI is InChI=1S/C24H25N5O4S/c1-17-7-8-21-26-23-19(24(30)29(21)16-17)15-20(34(31,32)18-5-3-2-4-6-18)22(25)28(23)10-9-27-11-13-33-14-12-27/h2-8,15-16,25H,9-14H2,1H3/p+1. The zero-order chi connectivity index (χ0) is 23.9. The number of hydrogen-bond acceptors (Lipinski definition) is 7. The highest BCUT2D eigenvalue weighted by Gasteiger charge is 2.29. The third-order valence-electron chi connectivity index (χ3n) is 6.15. The summed E-state index contributed by atoms with van der Waals surface area (Å²) in [5.41, 5.74) is 7.89. The fourth-order valence-electron chi connectivity index (χ4n) is 4.27. The summed E-state index contributed by atoms with van der Waals surface area (Å²) >= 11 is 0. The molecule has 0 aliphatic carbocycles. The lowest BCUT2D eigenvalue weighted by Gasteiger charge is -2.26. The molecule has 5 rings (SSSR count). The average molecular weight is 481 g/mol. The number of nitrogens with zero attached hydrogens (tertiary/aromatic N) is 4. The van der Waals surface area contributed by atoms with Crippen molar-refractivity contribution in [1.29, 1.82) is 0 Å². The van der Waals surface area contributed by atoms with Gasteiger partial charge >= 0.3 is 0 Å². The van der Waals surface area contributed by atoms with Crippen LogP contribution in [0.5, 0.6) is 0 Å². The van der Waals surface area contributed by atoms with Crippen molar-refractivity contribution >= 4 is 32.3 Å². The van der Waals surface area contributed by atoms with Gasteiger partial charge in [0, 0.05) is 25.8 Å². The monoisotopic (exact) mass is 480 g/mol. The minimum atomic E-state index is -3.96. The highest BCUT2D eigenvalue weighted by molar-refractivity contribution is 7.91. The first kappa shape index (κ1) is 22.5. The lowest BCUT2D eigenvalue weighted by Crippen LogP contribution is -2.47. The molecule has 0 atom stereocenters. The molecular weight excluding hydrogens is 454 g/mol. The van der Waals surface area contributed by atoms with Crippen LogP contribution in [0.4, 0.5) is 5.82 Å². The summed E-state index contributed by atoms with van der Waals surface area (Å²) in [6.45, 7) is 5.73. The average Bonchev–Trinajstić information content (AvgIpc) is 2.85. The molecule has 0 amide bonds. The van der Waals surface area contributed by atoms with Gasteiger partial charge in [0.2, 0.25) is 21.3 Å². The molecule has 4 heterocycles. The summed E-state index contributed by atoms with van der Waals surface area (Å²) in [6, 6.07) is 13.1. The highest BCUT2D eigenvalue weighted by atomic mass is 32.2. The van der Waals surface area contributed by atoms with Crippen molar-refractivity contribution in [2.45, 2.75) is 23.3 Å². The number of aryl methyl sites for hydroxylation is 1. The fraction of sp³-hybridized carbons (Fsp3) is 0.292. The SMILES string of the molecule is Cc1ccc2nc3c(cc(S(=O)(=O)c4ccccc4)c(N)[n+]3CCN3CCOCC3)c(=O)n2c1. The van der Waals surface area contributed by atoms with Crippen molar-refractivity contribution in [3.63, 3.8) is 0 Å². The van der Waals surface area contributed by atoms with Crippen LogP contribution in [0.1, 0.15) is 5.56 Å². The molecule has 10 heteroatoms. The summed E-state index contributed by atoms with van der Waals surface area (Å²) in [7, 11) is -3.96. The van der Waals surface area contributed by atoms with Crippen LogP contribution >= 0.6 is 0 Å². The number of sulfone groups is 1. The summed E-state index contributed by atoms with van der Waals surface area (Å²) in [5.74, 6) is 0.0629. The Morgan fingerprint density at radius 2 is 1.85 bits per heavy atom. The molecule has 1 aliphatic rings. The number of ether oxygens (including phenoxy) is 1. The van der Waals surface area contributed by atoms with Crippen LogP contribution in [0, 0.1) is 6.92 Å². The Bertz CT molecular complexity index is 1550. The van der Waals surface area contributed by atoms with Crippen molar-refractivity contribution in [3.8, 4) is 0 Å². The van der Waals surface area contributed by atoms with E-state index in [1.807, 2.05) is 13.0 Å². The van der Waals surface area contributed by atoms with E-state index in [0.717, 1.165) is 18.7 Å². The number of morpholine rings is 1. The van der Waals surface area contributed by atoms with Crippen LogP contribution in [0.15, 0.2) is 69.3 Å². The molecule has 1 aliphatic heterocycles. The maximum absolute atomic E-state index is 13.5. The van der Waals surface area contributed by atoms with Gasteiger partial charge < -0.3 is 10.5 Å². The second kappa shape index (κ2) is 8.79. The summed E-state index contributed by atoms with van der Waals surface area (Å²) in [5, 5.41) is 0.203. The molecule has 0 bridgehead atoms. The van der Waals surface area contributed by atoms with Gasteiger partial charge in [0.15, 0.2) is 0 Å². The normalized spacial score (nSPS) is 15.2. The van der Waals surface area contributed by atoms with Crippen molar-refractivity contribution in [2.75, 3.05) is 38.6 Å². The van der Waals surface area contributed by atoms with E-state index in [9.17, 15) is 13.2 Å². The second-order valence-electron chi connectivity index (χ2n) is 8.40. The molecule has 1 aromatic carbocycles. The van der Waals surface area contributed by atoms with E-state index >= 15 is 0 Å². The summed E-state index contributed by atoms with van der Waals surface area (Å²) in [4.78, 5) is 20.4. The van der Waals surface area contributed by atoms with Crippen LogP contribution in [-0.4, -0.2) is 55.6 Å². The van der Waals surface area contributed by atoms with Gasteiger partial charge in [-0.3, -0.25) is 14.1 Å². The molecule has 2 N–H and O–H groups in total. The van der Waals surface area contributed by atoms with Gasteiger partial charge in [-0.2, -0.15) is 0 Å². The van der Waals surface area contributed by atoms with Crippen molar-refractivity contribution in [1.82, 2.24) is 14.3 Å². The van der Waals surface area contributed by atoms with E-state index in [4.69, 9.17) is 15.5 Å². The van der Waals surface area contributed by atoms with E-state index in [0.29, 0.717) is 37.6 Å². The van der Waals surface area contributed by atoms with Crippen LogP contribution in [0.3, 0.4) is 0 Å². The summed E-state index contributed by atoms with van der Waals surface area (Å²) < 4.78 is 35.6. The molecule has 176 valence electrons. The van der Waals surface area contributed by atoms with Crippen LogP contribution in [-0.2, 0) is 21.1 Å². The molecule has 1 fully saturated rings. The van der Waals surface area contributed by atoms with E-state index in [-0.39, 0.29) is 26.6 Å². The lowest BCUT2D eigenvalue weighted by molar-refractivity contribution is -0.660. The topological polar surface area (TPSA) is 111 Å². The number of nitrogen functional groups attached to an aromatic ring is 1. The van der Waals surface area contributed by atoms with Gasteiger partial charge in [-0.05, 0) is 36.8 Å². The van der Waals surface area contributed by atoms with E-state index in [2.05, 4.69) is 4.90 Å². The number of fused-ring (bicyclic) bond motifs is 2. The first-order valence-electron chi connectivity index (χ1n) is 11.1. The molecule has 4 aromatic rings. The third-order valence-corrected chi connectivity index (χ3v) is 7.95. The Balaban J connectivity index is 1.75. The lowest BCUT2D eigenvalue weighted by atomic mass is 10.2. The molecule has 9 nitrogen and oxygen atoms in total. The number of hydrogen-bond donors (Lipinski definition) is 1. The first-order valence-corrected chi connectivity index (χ1v) is 12.6. The molecular formula is C24H26N5O4S+. The Hall–Kier alpha value is -3.34. The Labute approximate surface area is 196 Å².